The number of rotatable bonds is 4. The lowest BCUT2D eigenvalue weighted by molar-refractivity contribution is 0.0776. The molecule has 3 heteroatoms. The second-order valence-electron chi connectivity index (χ2n) is 5.26. The van der Waals surface area contributed by atoms with Gasteiger partial charge in [0.2, 0.25) is 0 Å². The van der Waals surface area contributed by atoms with Crippen molar-refractivity contribution in [1.29, 1.82) is 0 Å². The first-order chi connectivity index (χ1) is 10.8. The molecule has 0 aliphatic heterocycles. The van der Waals surface area contributed by atoms with E-state index in [1.165, 1.54) is 0 Å². The fourth-order valence-electron chi connectivity index (χ4n) is 2.85. The Morgan fingerprint density at radius 1 is 0.955 bits per heavy atom. The molecule has 0 fully saturated rings. The minimum atomic E-state index is 0.0845. The Kier molecular flexibility index (Phi) is 3.96. The van der Waals surface area contributed by atoms with Crippen LogP contribution in [0, 0.1) is 0 Å². The van der Waals surface area contributed by atoms with Gasteiger partial charge in [0.05, 0.1) is 11.3 Å². The maximum Gasteiger partial charge on any atom is 0.256 e. The van der Waals surface area contributed by atoms with Gasteiger partial charge in [-0.3, -0.25) is 4.79 Å². The number of amides is 1. The second kappa shape index (κ2) is 6.06. The van der Waals surface area contributed by atoms with Gasteiger partial charge in [0.15, 0.2) is 0 Å². The summed E-state index contributed by atoms with van der Waals surface area (Å²) < 4.78 is 0. The van der Waals surface area contributed by atoms with Gasteiger partial charge >= 0.3 is 0 Å². The Morgan fingerprint density at radius 3 is 2.27 bits per heavy atom. The number of carbonyl (C=O) groups is 1. The molecule has 0 aliphatic rings. The van der Waals surface area contributed by atoms with Gasteiger partial charge in [-0.05, 0) is 25.5 Å². The summed E-state index contributed by atoms with van der Waals surface area (Å²) in [5.74, 6) is 0.0845. The van der Waals surface area contributed by atoms with Crippen LogP contribution in [-0.4, -0.2) is 28.9 Å². The molecule has 0 unspecified atom stereocenters. The molecule has 3 nitrogen and oxygen atoms in total. The molecule has 1 amide bonds. The Labute approximate surface area is 130 Å². The fraction of sp³-hybridized carbons (Fsp3) is 0.211. The summed E-state index contributed by atoms with van der Waals surface area (Å²) >= 11 is 0. The zero-order valence-electron chi connectivity index (χ0n) is 13.0. The highest BCUT2D eigenvalue weighted by Gasteiger charge is 2.22. The zero-order chi connectivity index (χ0) is 15.5. The normalized spacial score (nSPS) is 10.8. The number of nitrogens with zero attached hydrogens (tertiary/aromatic N) is 1. The van der Waals surface area contributed by atoms with Crippen molar-refractivity contribution < 1.29 is 4.79 Å². The zero-order valence-corrected chi connectivity index (χ0v) is 13.0. The molecule has 3 aromatic rings. The molecule has 0 saturated heterocycles. The summed E-state index contributed by atoms with van der Waals surface area (Å²) in [6.45, 7) is 5.45. The SMILES string of the molecule is CCN(CC)C(=O)c1c(-c2ccccc2)[nH]c2ccccc12. The summed E-state index contributed by atoms with van der Waals surface area (Å²) in [5, 5.41) is 0.984. The van der Waals surface area contributed by atoms with Crippen molar-refractivity contribution in [3.8, 4) is 11.3 Å². The van der Waals surface area contributed by atoms with Crippen molar-refractivity contribution in [2.24, 2.45) is 0 Å². The van der Waals surface area contributed by atoms with Gasteiger partial charge in [-0.15, -0.1) is 0 Å². The van der Waals surface area contributed by atoms with E-state index in [1.54, 1.807) is 0 Å². The maximum atomic E-state index is 13.0. The summed E-state index contributed by atoms with van der Waals surface area (Å²) in [6.07, 6.45) is 0. The Morgan fingerprint density at radius 2 is 1.59 bits per heavy atom. The quantitative estimate of drug-likeness (QED) is 0.764. The number of para-hydroxylation sites is 1. The molecule has 0 aliphatic carbocycles. The van der Waals surface area contributed by atoms with E-state index in [4.69, 9.17) is 0 Å². The monoisotopic (exact) mass is 292 g/mol. The van der Waals surface area contributed by atoms with Crippen LogP contribution in [0.15, 0.2) is 54.6 Å². The standard InChI is InChI=1S/C19H20N2O/c1-3-21(4-2)19(22)17-15-12-8-9-13-16(15)20-18(17)14-10-6-5-7-11-14/h5-13,20H,3-4H2,1-2H3. The maximum absolute atomic E-state index is 13.0. The summed E-state index contributed by atoms with van der Waals surface area (Å²) in [7, 11) is 0. The second-order valence-corrected chi connectivity index (χ2v) is 5.26. The molecule has 112 valence electrons. The number of H-pyrrole nitrogens is 1. The van der Waals surface area contributed by atoms with E-state index in [0.717, 1.165) is 27.7 Å². The van der Waals surface area contributed by atoms with Crippen molar-refractivity contribution in [2.75, 3.05) is 13.1 Å². The molecular weight excluding hydrogens is 272 g/mol. The van der Waals surface area contributed by atoms with Crippen LogP contribution < -0.4 is 0 Å². The largest absolute Gasteiger partial charge is 0.354 e. The summed E-state index contributed by atoms with van der Waals surface area (Å²) in [5.41, 5.74) is 3.70. The van der Waals surface area contributed by atoms with Crippen LogP contribution in [0.5, 0.6) is 0 Å². The smallest absolute Gasteiger partial charge is 0.256 e. The average molecular weight is 292 g/mol. The highest BCUT2D eigenvalue weighted by molar-refractivity contribution is 6.12. The van der Waals surface area contributed by atoms with Gasteiger partial charge in [0.25, 0.3) is 5.91 Å². The van der Waals surface area contributed by atoms with Gasteiger partial charge < -0.3 is 9.88 Å². The molecule has 2 aromatic carbocycles. The minimum Gasteiger partial charge on any atom is -0.354 e. The number of aromatic amines is 1. The average Bonchev–Trinajstić information content (AvgIpc) is 2.96. The molecule has 0 atom stereocenters. The summed E-state index contributed by atoms with van der Waals surface area (Å²) in [4.78, 5) is 18.3. The minimum absolute atomic E-state index is 0.0845. The third-order valence-electron chi connectivity index (χ3n) is 4.03. The molecule has 1 aromatic heterocycles. The Bertz CT molecular complexity index is 786. The van der Waals surface area contributed by atoms with Gasteiger partial charge in [0, 0.05) is 24.0 Å². The van der Waals surface area contributed by atoms with Crippen LogP contribution in [0.2, 0.25) is 0 Å². The van der Waals surface area contributed by atoms with E-state index in [9.17, 15) is 4.79 Å². The number of carbonyl (C=O) groups excluding carboxylic acids is 1. The van der Waals surface area contributed by atoms with Crippen LogP contribution in [0.1, 0.15) is 24.2 Å². The highest BCUT2D eigenvalue weighted by Crippen LogP contribution is 2.31. The number of fused-ring (bicyclic) bond motifs is 1. The molecule has 1 N–H and O–H groups in total. The van der Waals surface area contributed by atoms with E-state index in [1.807, 2.05) is 73.3 Å². The van der Waals surface area contributed by atoms with Gasteiger partial charge in [0.1, 0.15) is 0 Å². The van der Waals surface area contributed by atoms with Crippen LogP contribution >= 0.6 is 0 Å². The third kappa shape index (κ3) is 2.39. The third-order valence-corrected chi connectivity index (χ3v) is 4.03. The van der Waals surface area contributed by atoms with E-state index in [2.05, 4.69) is 4.98 Å². The molecule has 22 heavy (non-hydrogen) atoms. The van der Waals surface area contributed by atoms with Gasteiger partial charge in [-0.1, -0.05) is 48.5 Å². The van der Waals surface area contributed by atoms with Crippen LogP contribution in [0.3, 0.4) is 0 Å². The summed E-state index contributed by atoms with van der Waals surface area (Å²) in [6, 6.07) is 18.0. The van der Waals surface area contributed by atoms with Gasteiger partial charge in [-0.2, -0.15) is 0 Å². The number of nitrogens with one attached hydrogen (secondary N) is 1. The van der Waals surface area contributed by atoms with Gasteiger partial charge in [-0.25, -0.2) is 0 Å². The first-order valence-corrected chi connectivity index (χ1v) is 7.71. The number of hydrogen-bond acceptors (Lipinski definition) is 1. The molecule has 0 spiro atoms. The fourth-order valence-corrected chi connectivity index (χ4v) is 2.85. The first-order valence-electron chi connectivity index (χ1n) is 7.71. The first kappa shape index (κ1) is 14.4. The van der Waals surface area contributed by atoms with E-state index >= 15 is 0 Å². The highest BCUT2D eigenvalue weighted by atomic mass is 16.2. The number of aromatic nitrogens is 1. The lowest BCUT2D eigenvalue weighted by Crippen LogP contribution is -2.30. The predicted molar refractivity (Wildman–Crippen MR) is 91.0 cm³/mol. The number of hydrogen-bond donors (Lipinski definition) is 1. The Hall–Kier alpha value is -2.55. The molecule has 0 radical (unpaired) electrons. The van der Waals surface area contributed by atoms with Crippen molar-refractivity contribution in [3.05, 3.63) is 60.2 Å². The predicted octanol–water partition coefficient (Wildman–Crippen LogP) is 4.32. The molecule has 3 rings (SSSR count). The lowest BCUT2D eigenvalue weighted by atomic mass is 10.0. The van der Waals surface area contributed by atoms with E-state index < -0.39 is 0 Å². The molecule has 0 saturated carbocycles. The van der Waals surface area contributed by atoms with Crippen molar-refractivity contribution in [2.45, 2.75) is 13.8 Å². The lowest BCUT2D eigenvalue weighted by Gasteiger charge is -2.19. The number of benzene rings is 2. The molecule has 1 heterocycles. The van der Waals surface area contributed by atoms with E-state index in [-0.39, 0.29) is 5.91 Å². The van der Waals surface area contributed by atoms with Crippen molar-refractivity contribution >= 4 is 16.8 Å². The van der Waals surface area contributed by atoms with Crippen LogP contribution in [0.25, 0.3) is 22.2 Å². The van der Waals surface area contributed by atoms with Crippen LogP contribution in [-0.2, 0) is 0 Å². The van der Waals surface area contributed by atoms with Crippen LogP contribution in [0.4, 0.5) is 0 Å². The van der Waals surface area contributed by atoms with E-state index in [0.29, 0.717) is 13.1 Å². The molecular formula is C19H20N2O. The van der Waals surface area contributed by atoms with Crippen molar-refractivity contribution in [3.63, 3.8) is 0 Å². The molecule has 0 bridgehead atoms. The van der Waals surface area contributed by atoms with Crippen molar-refractivity contribution in [1.82, 2.24) is 9.88 Å². The topological polar surface area (TPSA) is 36.1 Å². The Balaban J connectivity index is 2.24.